The molecule has 3 aromatic rings. The average Bonchev–Trinajstić information content (AvgIpc) is 3.24. The van der Waals surface area contributed by atoms with E-state index in [0.717, 1.165) is 30.6 Å². The molecule has 0 bridgehead atoms. The van der Waals surface area contributed by atoms with Crippen LogP contribution in [0.5, 0.6) is 0 Å². The van der Waals surface area contributed by atoms with E-state index in [9.17, 15) is 4.79 Å². The Balaban J connectivity index is 1.69. The second-order valence-corrected chi connectivity index (χ2v) is 5.36. The molecule has 0 spiro atoms. The molecule has 0 aliphatic carbocycles. The molecular formula is C15H15N5O2. The predicted octanol–water partition coefficient (Wildman–Crippen LogP) is 2.08. The van der Waals surface area contributed by atoms with E-state index in [1.807, 2.05) is 23.2 Å². The normalized spacial score (nSPS) is 18.7. The Bertz CT molecular complexity index is 795. The van der Waals surface area contributed by atoms with Crippen LogP contribution in [0.1, 0.15) is 41.6 Å². The van der Waals surface area contributed by atoms with E-state index in [0.29, 0.717) is 6.54 Å². The Morgan fingerprint density at radius 1 is 1.32 bits per heavy atom. The van der Waals surface area contributed by atoms with Crippen LogP contribution >= 0.6 is 0 Å². The van der Waals surface area contributed by atoms with Crippen LogP contribution in [0.2, 0.25) is 0 Å². The number of hydrogen-bond acceptors (Lipinski definition) is 5. The van der Waals surface area contributed by atoms with Crippen LogP contribution < -0.4 is 0 Å². The first-order chi connectivity index (χ1) is 10.8. The van der Waals surface area contributed by atoms with Gasteiger partial charge >= 0.3 is 0 Å². The zero-order valence-electron chi connectivity index (χ0n) is 11.9. The third-order valence-electron chi connectivity index (χ3n) is 4.03. The lowest BCUT2D eigenvalue weighted by molar-refractivity contribution is 0.0573. The topological polar surface area (TPSA) is 76.5 Å². The largest absolute Gasteiger partial charge is 0.438 e. The fourth-order valence-corrected chi connectivity index (χ4v) is 2.96. The van der Waals surface area contributed by atoms with Gasteiger partial charge in [0, 0.05) is 18.8 Å². The number of oxazole rings is 1. The van der Waals surface area contributed by atoms with Crippen LogP contribution in [-0.4, -0.2) is 36.9 Å². The minimum absolute atomic E-state index is 0.0359. The number of carbonyl (C=O) groups excluding carboxylic acids is 1. The van der Waals surface area contributed by atoms with Crippen molar-refractivity contribution in [3.63, 3.8) is 0 Å². The first-order valence-electron chi connectivity index (χ1n) is 7.33. The van der Waals surface area contributed by atoms with Gasteiger partial charge in [0.25, 0.3) is 5.91 Å². The molecular weight excluding hydrogens is 282 g/mol. The van der Waals surface area contributed by atoms with E-state index in [-0.39, 0.29) is 17.7 Å². The van der Waals surface area contributed by atoms with Gasteiger partial charge in [0.1, 0.15) is 0 Å². The maximum atomic E-state index is 12.6. The molecule has 1 amide bonds. The van der Waals surface area contributed by atoms with Crippen LogP contribution in [0, 0.1) is 0 Å². The molecule has 1 aliphatic heterocycles. The van der Waals surface area contributed by atoms with Gasteiger partial charge in [-0.3, -0.25) is 4.79 Å². The van der Waals surface area contributed by atoms with Crippen LogP contribution in [0.25, 0.3) is 5.65 Å². The molecule has 7 nitrogen and oxygen atoms in total. The second kappa shape index (κ2) is 5.25. The molecule has 0 unspecified atom stereocenters. The lowest BCUT2D eigenvalue weighted by Gasteiger charge is -2.34. The van der Waals surface area contributed by atoms with Gasteiger partial charge in [-0.1, -0.05) is 0 Å². The van der Waals surface area contributed by atoms with E-state index < -0.39 is 0 Å². The summed E-state index contributed by atoms with van der Waals surface area (Å²) in [5.74, 6) is 0.148. The third kappa shape index (κ3) is 2.14. The molecule has 1 fully saturated rings. The molecule has 4 heterocycles. The minimum Gasteiger partial charge on any atom is -0.438 e. The van der Waals surface area contributed by atoms with Crippen molar-refractivity contribution in [1.29, 1.82) is 0 Å². The number of rotatable bonds is 2. The highest BCUT2D eigenvalue weighted by Gasteiger charge is 2.31. The molecule has 0 N–H and O–H groups in total. The lowest BCUT2D eigenvalue weighted by atomic mass is 9.98. The van der Waals surface area contributed by atoms with Crippen molar-refractivity contribution in [3.8, 4) is 0 Å². The smallest absolute Gasteiger partial charge is 0.291 e. The molecule has 1 atom stereocenters. The van der Waals surface area contributed by atoms with Crippen molar-refractivity contribution in [3.05, 3.63) is 48.6 Å². The zero-order chi connectivity index (χ0) is 14.9. The number of carbonyl (C=O) groups is 1. The Hall–Kier alpha value is -2.70. The molecule has 0 saturated carbocycles. The van der Waals surface area contributed by atoms with Crippen molar-refractivity contribution < 1.29 is 9.21 Å². The number of piperidine rings is 1. The Morgan fingerprint density at radius 3 is 3.14 bits per heavy atom. The molecule has 0 radical (unpaired) electrons. The molecule has 112 valence electrons. The fraction of sp³-hybridized carbons (Fsp3) is 0.333. The SMILES string of the molecule is O=C(c1cnco1)N1CCCC[C@@H]1c1ccn2nccc2n1. The van der Waals surface area contributed by atoms with Crippen LogP contribution in [0.15, 0.2) is 41.5 Å². The number of fused-ring (bicyclic) bond motifs is 1. The molecule has 0 aromatic carbocycles. The summed E-state index contributed by atoms with van der Waals surface area (Å²) in [6.45, 7) is 0.705. The van der Waals surface area contributed by atoms with Crippen LogP contribution in [-0.2, 0) is 0 Å². The first-order valence-corrected chi connectivity index (χ1v) is 7.33. The monoisotopic (exact) mass is 297 g/mol. The predicted molar refractivity (Wildman–Crippen MR) is 77.1 cm³/mol. The molecule has 1 aliphatic rings. The second-order valence-electron chi connectivity index (χ2n) is 5.36. The lowest BCUT2D eigenvalue weighted by Crippen LogP contribution is -2.38. The summed E-state index contributed by atoms with van der Waals surface area (Å²) in [6.07, 6.45) is 9.30. The molecule has 22 heavy (non-hydrogen) atoms. The van der Waals surface area contributed by atoms with Gasteiger partial charge in [0.2, 0.25) is 5.76 Å². The summed E-state index contributed by atoms with van der Waals surface area (Å²) in [4.78, 5) is 22.9. The number of hydrogen-bond donors (Lipinski definition) is 0. The Labute approximate surface area is 126 Å². The summed E-state index contributed by atoms with van der Waals surface area (Å²) < 4.78 is 6.87. The van der Waals surface area contributed by atoms with Crippen LogP contribution in [0.3, 0.4) is 0 Å². The quantitative estimate of drug-likeness (QED) is 0.724. The average molecular weight is 297 g/mol. The van der Waals surface area contributed by atoms with Gasteiger partial charge in [-0.25, -0.2) is 14.5 Å². The third-order valence-corrected chi connectivity index (χ3v) is 4.03. The molecule has 7 heteroatoms. The Kier molecular flexibility index (Phi) is 3.10. The van der Waals surface area contributed by atoms with E-state index in [2.05, 4.69) is 15.1 Å². The molecule has 3 aromatic heterocycles. The summed E-state index contributed by atoms with van der Waals surface area (Å²) in [5, 5.41) is 4.15. The number of aromatic nitrogens is 4. The van der Waals surface area contributed by atoms with Crippen molar-refractivity contribution in [1.82, 2.24) is 24.5 Å². The summed E-state index contributed by atoms with van der Waals surface area (Å²) in [6, 6.07) is 3.75. The van der Waals surface area contributed by atoms with Crippen LogP contribution in [0.4, 0.5) is 0 Å². The zero-order valence-corrected chi connectivity index (χ0v) is 11.9. The van der Waals surface area contributed by atoms with Gasteiger partial charge in [-0.15, -0.1) is 0 Å². The van der Waals surface area contributed by atoms with E-state index in [1.54, 1.807) is 10.7 Å². The molecule has 4 rings (SSSR count). The first kappa shape index (κ1) is 13.0. The maximum absolute atomic E-state index is 12.6. The van der Waals surface area contributed by atoms with E-state index in [1.165, 1.54) is 12.6 Å². The van der Waals surface area contributed by atoms with Crippen molar-refractivity contribution >= 4 is 11.6 Å². The number of likely N-dealkylation sites (tertiary alicyclic amines) is 1. The Morgan fingerprint density at radius 2 is 2.27 bits per heavy atom. The van der Waals surface area contributed by atoms with Gasteiger partial charge < -0.3 is 9.32 Å². The highest BCUT2D eigenvalue weighted by atomic mass is 16.3. The highest BCUT2D eigenvalue weighted by molar-refractivity contribution is 5.91. The summed E-state index contributed by atoms with van der Waals surface area (Å²) >= 11 is 0. The number of amides is 1. The van der Waals surface area contributed by atoms with Crippen molar-refractivity contribution in [2.75, 3.05) is 6.54 Å². The van der Waals surface area contributed by atoms with Gasteiger partial charge in [0.05, 0.1) is 24.1 Å². The van der Waals surface area contributed by atoms with E-state index >= 15 is 0 Å². The van der Waals surface area contributed by atoms with E-state index in [4.69, 9.17) is 4.42 Å². The minimum atomic E-state index is -0.127. The number of nitrogens with zero attached hydrogens (tertiary/aromatic N) is 5. The highest BCUT2D eigenvalue weighted by Crippen LogP contribution is 2.31. The van der Waals surface area contributed by atoms with Crippen molar-refractivity contribution in [2.45, 2.75) is 25.3 Å². The maximum Gasteiger partial charge on any atom is 0.291 e. The molecule has 1 saturated heterocycles. The summed E-state index contributed by atoms with van der Waals surface area (Å²) in [5.41, 5.74) is 1.68. The van der Waals surface area contributed by atoms with Gasteiger partial charge in [-0.2, -0.15) is 5.10 Å². The standard InChI is InChI=1S/C15H15N5O2/c21-15(13-9-16-10-22-13)19-7-2-1-3-12(19)11-5-8-20-14(18-11)4-6-17-20/h4-6,8-10,12H,1-3,7H2/t12-/m1/s1. The van der Waals surface area contributed by atoms with Gasteiger partial charge in [0.15, 0.2) is 12.0 Å². The van der Waals surface area contributed by atoms with Crippen molar-refractivity contribution in [2.24, 2.45) is 0 Å². The van der Waals surface area contributed by atoms with Gasteiger partial charge in [-0.05, 0) is 25.3 Å². The fourth-order valence-electron chi connectivity index (χ4n) is 2.96. The summed E-state index contributed by atoms with van der Waals surface area (Å²) in [7, 11) is 0.